The van der Waals surface area contributed by atoms with Gasteiger partial charge in [0.25, 0.3) is 0 Å². The molecule has 0 heterocycles. The molecule has 0 aromatic heterocycles. The average Bonchev–Trinajstić information content (AvgIpc) is 2.36. The monoisotopic (exact) mass is 289 g/mol. The highest BCUT2D eigenvalue weighted by Gasteiger charge is 2.13. The van der Waals surface area contributed by atoms with Crippen molar-refractivity contribution in [2.24, 2.45) is 0 Å². The van der Waals surface area contributed by atoms with Gasteiger partial charge in [0, 0.05) is 11.4 Å². The van der Waals surface area contributed by atoms with Crippen molar-refractivity contribution in [3.05, 3.63) is 23.2 Å². The lowest BCUT2D eigenvalue weighted by molar-refractivity contribution is -0.115. The van der Waals surface area contributed by atoms with Gasteiger partial charge in [-0.1, -0.05) is 11.6 Å². The van der Waals surface area contributed by atoms with Crippen LogP contribution in [0.2, 0.25) is 5.02 Å². The molecule has 1 unspecified atom stereocenters. The maximum Gasteiger partial charge on any atom is 0.237 e. The highest BCUT2D eigenvalue weighted by molar-refractivity contribution is 8.00. The number of anilines is 1. The van der Waals surface area contributed by atoms with E-state index in [1.165, 1.54) is 18.9 Å². The van der Waals surface area contributed by atoms with Crippen LogP contribution < -0.4 is 10.1 Å². The van der Waals surface area contributed by atoms with E-state index in [0.29, 0.717) is 22.2 Å². The number of benzene rings is 1. The van der Waals surface area contributed by atoms with Gasteiger partial charge >= 0.3 is 0 Å². The Morgan fingerprint density at radius 1 is 1.61 bits per heavy atom. The van der Waals surface area contributed by atoms with Crippen LogP contribution in [0, 0.1) is 0 Å². The number of aliphatic hydroxyl groups excluding tert-OH is 1. The van der Waals surface area contributed by atoms with Gasteiger partial charge in [-0.05, 0) is 25.1 Å². The summed E-state index contributed by atoms with van der Waals surface area (Å²) in [6, 6.07) is 5.07. The van der Waals surface area contributed by atoms with Gasteiger partial charge in [-0.2, -0.15) is 0 Å². The average molecular weight is 290 g/mol. The molecule has 0 saturated heterocycles. The molecule has 1 amide bonds. The number of ether oxygens (including phenoxy) is 1. The van der Waals surface area contributed by atoms with Gasteiger partial charge in [-0.3, -0.25) is 4.79 Å². The molecule has 0 saturated carbocycles. The van der Waals surface area contributed by atoms with E-state index in [9.17, 15) is 4.79 Å². The van der Waals surface area contributed by atoms with Crippen molar-refractivity contribution < 1.29 is 14.6 Å². The van der Waals surface area contributed by atoms with E-state index >= 15 is 0 Å². The van der Waals surface area contributed by atoms with Crippen LogP contribution in [0.4, 0.5) is 5.69 Å². The lowest BCUT2D eigenvalue weighted by Crippen LogP contribution is -2.23. The Bertz CT molecular complexity index is 414. The first-order valence-corrected chi connectivity index (χ1v) is 6.88. The summed E-state index contributed by atoms with van der Waals surface area (Å²) in [7, 11) is 1.53. The maximum absolute atomic E-state index is 11.8. The SMILES string of the molecule is COc1ccc(NC(=O)C(C)SCCO)cc1Cl. The molecule has 100 valence electrons. The number of carbonyl (C=O) groups is 1. The highest BCUT2D eigenvalue weighted by Crippen LogP contribution is 2.27. The van der Waals surface area contributed by atoms with Gasteiger partial charge in [-0.15, -0.1) is 11.8 Å². The zero-order chi connectivity index (χ0) is 13.5. The molecule has 1 rings (SSSR count). The lowest BCUT2D eigenvalue weighted by Gasteiger charge is -2.12. The Hall–Kier alpha value is -0.910. The summed E-state index contributed by atoms with van der Waals surface area (Å²) in [5, 5.41) is 11.7. The van der Waals surface area contributed by atoms with E-state index in [0.717, 1.165) is 0 Å². The lowest BCUT2D eigenvalue weighted by atomic mass is 10.3. The normalized spacial score (nSPS) is 12.0. The van der Waals surface area contributed by atoms with Crippen LogP contribution >= 0.6 is 23.4 Å². The molecular formula is C12H16ClNO3S. The third-order valence-electron chi connectivity index (χ3n) is 2.25. The number of halogens is 1. The van der Waals surface area contributed by atoms with Gasteiger partial charge in [0.1, 0.15) is 5.75 Å². The number of amides is 1. The van der Waals surface area contributed by atoms with Crippen molar-refractivity contribution in [3.8, 4) is 5.75 Å². The van der Waals surface area contributed by atoms with Crippen LogP contribution in [0.5, 0.6) is 5.75 Å². The van der Waals surface area contributed by atoms with E-state index in [1.807, 2.05) is 0 Å². The molecule has 6 heteroatoms. The first-order chi connectivity index (χ1) is 8.58. The predicted molar refractivity (Wildman–Crippen MR) is 75.6 cm³/mol. The first kappa shape index (κ1) is 15.1. The minimum atomic E-state index is -0.224. The second kappa shape index (κ2) is 7.51. The largest absolute Gasteiger partial charge is 0.495 e. The highest BCUT2D eigenvalue weighted by atomic mass is 35.5. The molecule has 0 aliphatic carbocycles. The zero-order valence-corrected chi connectivity index (χ0v) is 11.8. The Balaban J connectivity index is 2.61. The molecular weight excluding hydrogens is 274 g/mol. The van der Waals surface area contributed by atoms with Gasteiger partial charge in [0.2, 0.25) is 5.91 Å². The molecule has 0 aliphatic rings. The number of hydrogen-bond donors (Lipinski definition) is 2. The third kappa shape index (κ3) is 4.40. The van der Waals surface area contributed by atoms with E-state index in [4.69, 9.17) is 21.4 Å². The topological polar surface area (TPSA) is 58.6 Å². The molecule has 1 atom stereocenters. The summed E-state index contributed by atoms with van der Waals surface area (Å²) >= 11 is 7.36. The molecule has 0 radical (unpaired) electrons. The Kier molecular flexibility index (Phi) is 6.32. The van der Waals surface area contributed by atoms with Crippen LogP contribution in [0.15, 0.2) is 18.2 Å². The standard InChI is InChI=1S/C12H16ClNO3S/c1-8(18-6-5-15)12(16)14-9-3-4-11(17-2)10(13)7-9/h3-4,7-8,15H,5-6H2,1-2H3,(H,14,16). The van der Waals surface area contributed by atoms with Crippen molar-refractivity contribution >= 4 is 35.0 Å². The van der Waals surface area contributed by atoms with Gasteiger partial charge < -0.3 is 15.2 Å². The number of aliphatic hydroxyl groups is 1. The summed E-state index contributed by atoms with van der Waals surface area (Å²) in [6.45, 7) is 1.86. The summed E-state index contributed by atoms with van der Waals surface area (Å²) in [4.78, 5) is 11.8. The summed E-state index contributed by atoms with van der Waals surface area (Å²) in [5.41, 5.74) is 0.627. The van der Waals surface area contributed by atoms with Crippen LogP contribution in [-0.4, -0.2) is 35.7 Å². The summed E-state index contributed by atoms with van der Waals surface area (Å²) in [6.07, 6.45) is 0. The van der Waals surface area contributed by atoms with E-state index in [2.05, 4.69) is 5.32 Å². The second-order valence-electron chi connectivity index (χ2n) is 3.58. The second-order valence-corrected chi connectivity index (χ2v) is 5.43. The Morgan fingerprint density at radius 2 is 2.33 bits per heavy atom. The number of nitrogens with one attached hydrogen (secondary N) is 1. The molecule has 18 heavy (non-hydrogen) atoms. The number of rotatable bonds is 6. The van der Waals surface area contributed by atoms with E-state index < -0.39 is 0 Å². The van der Waals surface area contributed by atoms with Crippen molar-refractivity contribution in [2.75, 3.05) is 24.8 Å². The van der Waals surface area contributed by atoms with Crippen molar-refractivity contribution in [3.63, 3.8) is 0 Å². The zero-order valence-electron chi connectivity index (χ0n) is 10.3. The predicted octanol–water partition coefficient (Wildman–Crippen LogP) is 2.40. The van der Waals surface area contributed by atoms with E-state index in [1.54, 1.807) is 25.1 Å². The fourth-order valence-electron chi connectivity index (χ4n) is 1.29. The van der Waals surface area contributed by atoms with Gasteiger partial charge in [0.05, 0.1) is 24.0 Å². The van der Waals surface area contributed by atoms with Crippen molar-refractivity contribution in [1.82, 2.24) is 0 Å². The van der Waals surface area contributed by atoms with Crippen LogP contribution in [0.1, 0.15) is 6.92 Å². The number of carbonyl (C=O) groups excluding carboxylic acids is 1. The van der Waals surface area contributed by atoms with Crippen LogP contribution in [0.3, 0.4) is 0 Å². The molecule has 4 nitrogen and oxygen atoms in total. The fraction of sp³-hybridized carbons (Fsp3) is 0.417. The number of thioether (sulfide) groups is 1. The first-order valence-electron chi connectivity index (χ1n) is 5.45. The minimum Gasteiger partial charge on any atom is -0.495 e. The maximum atomic E-state index is 11.8. The Labute approximate surface area is 116 Å². The van der Waals surface area contributed by atoms with Gasteiger partial charge in [0.15, 0.2) is 0 Å². The fourth-order valence-corrected chi connectivity index (χ4v) is 2.22. The number of methoxy groups -OCH3 is 1. The molecule has 2 N–H and O–H groups in total. The van der Waals surface area contributed by atoms with Crippen molar-refractivity contribution in [2.45, 2.75) is 12.2 Å². The third-order valence-corrected chi connectivity index (χ3v) is 3.68. The molecule has 0 aliphatic heterocycles. The molecule has 0 bridgehead atoms. The number of hydrogen-bond acceptors (Lipinski definition) is 4. The molecule has 0 spiro atoms. The van der Waals surface area contributed by atoms with Crippen molar-refractivity contribution in [1.29, 1.82) is 0 Å². The molecule has 1 aromatic rings. The van der Waals surface area contributed by atoms with Crippen LogP contribution in [0.25, 0.3) is 0 Å². The Morgan fingerprint density at radius 3 is 2.89 bits per heavy atom. The summed E-state index contributed by atoms with van der Waals surface area (Å²) in [5.74, 6) is 0.991. The van der Waals surface area contributed by atoms with Gasteiger partial charge in [-0.25, -0.2) is 0 Å². The summed E-state index contributed by atoms with van der Waals surface area (Å²) < 4.78 is 5.03. The quantitative estimate of drug-likeness (QED) is 0.844. The minimum absolute atomic E-state index is 0.0661. The molecule has 1 aromatic carbocycles. The molecule has 0 fully saturated rings. The van der Waals surface area contributed by atoms with Crippen LogP contribution in [-0.2, 0) is 4.79 Å². The smallest absolute Gasteiger partial charge is 0.237 e. The van der Waals surface area contributed by atoms with E-state index in [-0.39, 0.29) is 17.8 Å².